The standard InChI is InChI=1S/C8H10.C2H2N4/c1-7-5-3-4-6-8(7)2;1-2-4-6-5-3-1/h3-6H,1-2H3;1-2H. The molecule has 0 atom stereocenters. The molecule has 4 nitrogen and oxygen atoms in total. The molecule has 0 fully saturated rings. The van der Waals surface area contributed by atoms with Crippen LogP contribution in [0, 0.1) is 13.8 Å². The van der Waals surface area contributed by atoms with Gasteiger partial charge in [0, 0.05) is 0 Å². The fraction of sp³-hybridized carbons (Fsp3) is 0.200. The topological polar surface area (TPSA) is 51.6 Å². The summed E-state index contributed by atoms with van der Waals surface area (Å²) in [6.07, 6.45) is 2.93. The fourth-order valence-electron chi connectivity index (χ4n) is 0.828. The van der Waals surface area contributed by atoms with Gasteiger partial charge in [-0.1, -0.05) is 24.3 Å². The molecule has 0 bridgehead atoms. The van der Waals surface area contributed by atoms with Crippen molar-refractivity contribution in [2.75, 3.05) is 0 Å². The van der Waals surface area contributed by atoms with E-state index in [1.165, 1.54) is 23.5 Å². The normalized spacial score (nSPS) is 8.71. The first kappa shape index (κ1) is 10.2. The van der Waals surface area contributed by atoms with Gasteiger partial charge in [0.15, 0.2) is 0 Å². The van der Waals surface area contributed by atoms with Crippen LogP contribution in [0.3, 0.4) is 0 Å². The second kappa shape index (κ2) is 5.75. The maximum atomic E-state index is 3.36. The lowest BCUT2D eigenvalue weighted by Crippen LogP contribution is -1.84. The largest absolute Gasteiger partial charge is 0.136 e. The Hall–Kier alpha value is -1.84. The highest BCUT2D eigenvalue weighted by Crippen LogP contribution is 2.02. The van der Waals surface area contributed by atoms with Gasteiger partial charge in [0.2, 0.25) is 0 Å². The highest BCUT2D eigenvalue weighted by atomic mass is 15.4. The maximum absolute atomic E-state index is 3.36. The molecule has 2 aromatic rings. The molecule has 0 unspecified atom stereocenters. The molecular weight excluding hydrogens is 176 g/mol. The lowest BCUT2D eigenvalue weighted by atomic mass is 10.1. The van der Waals surface area contributed by atoms with Gasteiger partial charge in [-0.05, 0) is 35.4 Å². The highest BCUT2D eigenvalue weighted by Gasteiger charge is 1.83. The molecule has 2 rings (SSSR count). The number of nitrogens with zero attached hydrogens (tertiary/aromatic N) is 4. The average molecular weight is 188 g/mol. The van der Waals surface area contributed by atoms with Gasteiger partial charge in [0.25, 0.3) is 0 Å². The van der Waals surface area contributed by atoms with Gasteiger partial charge in [-0.3, -0.25) is 0 Å². The Kier molecular flexibility index (Phi) is 4.20. The predicted octanol–water partition coefficient (Wildman–Crippen LogP) is 1.57. The molecule has 0 spiro atoms. The molecule has 0 saturated carbocycles. The molecule has 1 aromatic carbocycles. The van der Waals surface area contributed by atoms with E-state index in [0.29, 0.717) is 0 Å². The van der Waals surface area contributed by atoms with Gasteiger partial charge in [-0.2, -0.15) is 0 Å². The van der Waals surface area contributed by atoms with Crippen molar-refractivity contribution in [3.05, 3.63) is 47.8 Å². The fourth-order valence-corrected chi connectivity index (χ4v) is 0.828. The van der Waals surface area contributed by atoms with Crippen molar-refractivity contribution in [2.45, 2.75) is 13.8 Å². The Bertz CT molecular complexity index is 314. The third-order valence-corrected chi connectivity index (χ3v) is 1.77. The minimum absolute atomic E-state index is 1.37. The van der Waals surface area contributed by atoms with Crippen LogP contribution in [0.2, 0.25) is 0 Å². The molecule has 0 aliphatic carbocycles. The van der Waals surface area contributed by atoms with Crippen LogP contribution in [-0.4, -0.2) is 20.6 Å². The molecule has 14 heavy (non-hydrogen) atoms. The molecular formula is C10H12N4. The average Bonchev–Trinajstić information content (AvgIpc) is 2.26. The van der Waals surface area contributed by atoms with E-state index >= 15 is 0 Å². The molecule has 0 aliphatic heterocycles. The number of hydrogen-bond donors (Lipinski definition) is 0. The van der Waals surface area contributed by atoms with Crippen molar-refractivity contribution < 1.29 is 0 Å². The summed E-state index contributed by atoms with van der Waals surface area (Å²) < 4.78 is 0. The Balaban J connectivity index is 0.000000146. The quantitative estimate of drug-likeness (QED) is 0.629. The molecule has 1 heterocycles. The van der Waals surface area contributed by atoms with Crippen molar-refractivity contribution in [3.63, 3.8) is 0 Å². The molecule has 0 N–H and O–H groups in total. The molecule has 4 heteroatoms. The SMILES string of the molecule is Cc1ccccc1C.c1cnnnn1. The number of aromatic nitrogens is 4. The monoisotopic (exact) mass is 188 g/mol. The van der Waals surface area contributed by atoms with E-state index in [0.717, 1.165) is 0 Å². The van der Waals surface area contributed by atoms with Crippen molar-refractivity contribution in [3.8, 4) is 0 Å². The van der Waals surface area contributed by atoms with Gasteiger partial charge in [0.1, 0.15) is 0 Å². The van der Waals surface area contributed by atoms with Crippen molar-refractivity contribution in [1.82, 2.24) is 20.6 Å². The zero-order valence-electron chi connectivity index (χ0n) is 8.25. The van der Waals surface area contributed by atoms with Crippen LogP contribution in [-0.2, 0) is 0 Å². The summed E-state index contributed by atoms with van der Waals surface area (Å²) in [7, 11) is 0. The first-order chi connectivity index (χ1) is 6.80. The van der Waals surface area contributed by atoms with Gasteiger partial charge in [-0.25, -0.2) is 0 Å². The van der Waals surface area contributed by atoms with Crippen LogP contribution >= 0.6 is 0 Å². The van der Waals surface area contributed by atoms with Gasteiger partial charge < -0.3 is 0 Å². The van der Waals surface area contributed by atoms with Gasteiger partial charge in [0.05, 0.1) is 12.4 Å². The summed E-state index contributed by atoms with van der Waals surface area (Å²) in [4.78, 5) is 0. The first-order valence-corrected chi connectivity index (χ1v) is 4.28. The number of hydrogen-bond acceptors (Lipinski definition) is 4. The van der Waals surface area contributed by atoms with Crippen molar-refractivity contribution in [1.29, 1.82) is 0 Å². The molecule has 1 aromatic heterocycles. The number of rotatable bonds is 0. The van der Waals surface area contributed by atoms with E-state index in [2.05, 4.69) is 58.7 Å². The van der Waals surface area contributed by atoms with E-state index in [9.17, 15) is 0 Å². The predicted molar refractivity (Wildman–Crippen MR) is 53.5 cm³/mol. The van der Waals surface area contributed by atoms with Crippen LogP contribution in [0.1, 0.15) is 11.1 Å². The highest BCUT2D eigenvalue weighted by molar-refractivity contribution is 5.23. The molecule has 0 aliphatic rings. The van der Waals surface area contributed by atoms with Crippen LogP contribution < -0.4 is 0 Å². The second-order valence-corrected chi connectivity index (χ2v) is 2.79. The molecule has 72 valence electrons. The smallest absolute Gasteiger partial charge is 0.0716 e. The van der Waals surface area contributed by atoms with Crippen LogP contribution in [0.25, 0.3) is 0 Å². The van der Waals surface area contributed by atoms with Gasteiger partial charge in [-0.15, -0.1) is 10.2 Å². The Morgan fingerprint density at radius 1 is 0.786 bits per heavy atom. The molecule has 0 amide bonds. The summed E-state index contributed by atoms with van der Waals surface area (Å²) in [5, 5.41) is 13.1. The minimum Gasteiger partial charge on any atom is -0.136 e. The summed E-state index contributed by atoms with van der Waals surface area (Å²) in [5.74, 6) is 0. The third kappa shape index (κ3) is 3.71. The third-order valence-electron chi connectivity index (χ3n) is 1.77. The Labute approximate surface area is 83.0 Å². The van der Waals surface area contributed by atoms with Gasteiger partial charge >= 0.3 is 0 Å². The lowest BCUT2D eigenvalue weighted by molar-refractivity contribution is 0.761. The van der Waals surface area contributed by atoms with E-state index in [-0.39, 0.29) is 0 Å². The zero-order valence-corrected chi connectivity index (χ0v) is 8.25. The summed E-state index contributed by atoms with van der Waals surface area (Å²) in [6, 6.07) is 8.36. The lowest BCUT2D eigenvalue weighted by Gasteiger charge is -1.93. The minimum atomic E-state index is 1.37. The zero-order chi connectivity index (χ0) is 10.2. The van der Waals surface area contributed by atoms with E-state index < -0.39 is 0 Å². The van der Waals surface area contributed by atoms with E-state index in [4.69, 9.17) is 0 Å². The Morgan fingerprint density at radius 3 is 1.43 bits per heavy atom. The van der Waals surface area contributed by atoms with Crippen LogP contribution in [0.5, 0.6) is 0 Å². The maximum Gasteiger partial charge on any atom is 0.0716 e. The van der Waals surface area contributed by atoms with Crippen molar-refractivity contribution in [2.24, 2.45) is 0 Å². The summed E-state index contributed by atoms with van der Waals surface area (Å²) in [6.45, 7) is 4.24. The summed E-state index contributed by atoms with van der Waals surface area (Å²) in [5.41, 5.74) is 2.74. The van der Waals surface area contributed by atoms with Crippen LogP contribution in [0.4, 0.5) is 0 Å². The first-order valence-electron chi connectivity index (χ1n) is 4.28. The second-order valence-electron chi connectivity index (χ2n) is 2.79. The van der Waals surface area contributed by atoms with Crippen molar-refractivity contribution >= 4 is 0 Å². The number of benzene rings is 1. The van der Waals surface area contributed by atoms with Crippen LogP contribution in [0.15, 0.2) is 36.7 Å². The van der Waals surface area contributed by atoms with E-state index in [1.807, 2.05) is 0 Å². The number of aryl methyl sites for hydroxylation is 2. The van der Waals surface area contributed by atoms with E-state index in [1.54, 1.807) is 0 Å². The Morgan fingerprint density at radius 2 is 1.21 bits per heavy atom. The molecule has 0 saturated heterocycles. The summed E-state index contributed by atoms with van der Waals surface area (Å²) >= 11 is 0. The molecule has 0 radical (unpaired) electrons.